The van der Waals surface area contributed by atoms with E-state index >= 15 is 0 Å². The predicted molar refractivity (Wildman–Crippen MR) is 74.3 cm³/mol. The zero-order chi connectivity index (χ0) is 14.5. The monoisotopic (exact) mass is 283 g/mol. The Bertz CT molecular complexity index is 350. The average Bonchev–Trinajstić information content (AvgIpc) is 2.46. The van der Waals surface area contributed by atoms with Gasteiger partial charge in [-0.3, -0.25) is 9.59 Å². The molecule has 2 aliphatic rings. The van der Waals surface area contributed by atoms with Gasteiger partial charge in [0.2, 0.25) is 5.91 Å². The summed E-state index contributed by atoms with van der Waals surface area (Å²) in [5.74, 6) is -0.497. The van der Waals surface area contributed by atoms with Crippen molar-refractivity contribution in [1.82, 2.24) is 4.90 Å². The second-order valence-electron chi connectivity index (χ2n) is 6.10. The van der Waals surface area contributed by atoms with Crippen LogP contribution in [0.3, 0.4) is 0 Å². The number of ether oxygens (including phenoxy) is 1. The Morgan fingerprint density at radius 1 is 1.15 bits per heavy atom. The summed E-state index contributed by atoms with van der Waals surface area (Å²) in [6, 6.07) is 0. The van der Waals surface area contributed by atoms with Crippen LogP contribution in [0, 0.1) is 11.8 Å². The molecule has 2 unspecified atom stereocenters. The Labute approximate surface area is 120 Å². The van der Waals surface area contributed by atoms with Crippen LogP contribution < -0.4 is 0 Å². The summed E-state index contributed by atoms with van der Waals surface area (Å²) >= 11 is 0. The quantitative estimate of drug-likeness (QED) is 0.855. The number of carboxylic acid groups (broad SMARTS) is 1. The van der Waals surface area contributed by atoms with Gasteiger partial charge in [0.25, 0.3) is 0 Å². The number of hydrogen-bond acceptors (Lipinski definition) is 3. The van der Waals surface area contributed by atoms with Gasteiger partial charge in [0, 0.05) is 13.1 Å². The van der Waals surface area contributed by atoms with E-state index in [-0.39, 0.29) is 24.5 Å². The maximum Gasteiger partial charge on any atom is 0.306 e. The molecular weight excluding hydrogens is 258 g/mol. The highest BCUT2D eigenvalue weighted by molar-refractivity contribution is 5.78. The number of hydrogen-bond donors (Lipinski definition) is 1. The molecular formula is C15H25NO4. The first-order valence-electron chi connectivity index (χ1n) is 7.70. The molecule has 1 N–H and O–H groups in total. The molecule has 5 heteroatoms. The smallest absolute Gasteiger partial charge is 0.306 e. The zero-order valence-corrected chi connectivity index (χ0v) is 12.2. The van der Waals surface area contributed by atoms with Gasteiger partial charge in [-0.2, -0.15) is 0 Å². The van der Waals surface area contributed by atoms with E-state index in [0.29, 0.717) is 31.8 Å². The molecule has 1 saturated heterocycles. The molecule has 1 saturated carbocycles. The summed E-state index contributed by atoms with van der Waals surface area (Å²) in [7, 11) is 0. The molecule has 114 valence electrons. The molecule has 1 aliphatic heterocycles. The fourth-order valence-electron chi connectivity index (χ4n) is 3.18. The molecule has 0 spiro atoms. The van der Waals surface area contributed by atoms with Crippen LogP contribution in [0.25, 0.3) is 0 Å². The van der Waals surface area contributed by atoms with Crippen molar-refractivity contribution in [3.63, 3.8) is 0 Å². The van der Waals surface area contributed by atoms with E-state index in [1.165, 1.54) is 19.3 Å². The number of piperidine rings is 1. The molecule has 20 heavy (non-hydrogen) atoms. The molecule has 0 bridgehead atoms. The summed E-state index contributed by atoms with van der Waals surface area (Å²) in [4.78, 5) is 24.7. The van der Waals surface area contributed by atoms with Crippen molar-refractivity contribution in [3.05, 3.63) is 0 Å². The molecule has 1 amide bonds. The van der Waals surface area contributed by atoms with Crippen LogP contribution in [-0.4, -0.2) is 47.7 Å². The fraction of sp³-hybridized carbons (Fsp3) is 0.867. The van der Waals surface area contributed by atoms with Gasteiger partial charge < -0.3 is 14.7 Å². The second-order valence-corrected chi connectivity index (χ2v) is 6.10. The molecule has 2 atom stereocenters. The number of carbonyl (C=O) groups excluding carboxylic acids is 1. The largest absolute Gasteiger partial charge is 0.481 e. The number of carbonyl (C=O) groups is 2. The van der Waals surface area contributed by atoms with Crippen molar-refractivity contribution in [2.45, 2.75) is 51.6 Å². The third-order valence-electron chi connectivity index (χ3n) is 4.65. The van der Waals surface area contributed by atoms with Gasteiger partial charge in [-0.1, -0.05) is 19.8 Å². The highest BCUT2D eigenvalue weighted by Crippen LogP contribution is 2.26. The fourth-order valence-corrected chi connectivity index (χ4v) is 3.18. The average molecular weight is 283 g/mol. The molecule has 2 fully saturated rings. The Balaban J connectivity index is 1.71. The van der Waals surface area contributed by atoms with Gasteiger partial charge in [0.15, 0.2) is 0 Å². The highest BCUT2D eigenvalue weighted by Gasteiger charge is 2.28. The topological polar surface area (TPSA) is 66.8 Å². The van der Waals surface area contributed by atoms with Crippen molar-refractivity contribution >= 4 is 11.9 Å². The van der Waals surface area contributed by atoms with Crippen molar-refractivity contribution in [2.75, 3.05) is 19.7 Å². The lowest BCUT2D eigenvalue weighted by Gasteiger charge is -2.32. The maximum absolute atomic E-state index is 12.1. The zero-order valence-electron chi connectivity index (χ0n) is 12.2. The summed E-state index contributed by atoms with van der Waals surface area (Å²) in [6.07, 6.45) is 6.01. The van der Waals surface area contributed by atoms with E-state index < -0.39 is 5.97 Å². The molecule has 1 aliphatic carbocycles. The van der Waals surface area contributed by atoms with Gasteiger partial charge in [-0.15, -0.1) is 0 Å². The first-order chi connectivity index (χ1) is 9.58. The number of likely N-dealkylation sites (tertiary alicyclic amines) is 1. The van der Waals surface area contributed by atoms with Gasteiger partial charge in [0.1, 0.15) is 6.61 Å². The maximum atomic E-state index is 12.1. The number of rotatable bonds is 4. The predicted octanol–water partition coefficient (Wildman–Crippen LogP) is 1.90. The van der Waals surface area contributed by atoms with Gasteiger partial charge >= 0.3 is 5.97 Å². The molecule has 0 aromatic carbocycles. The Hall–Kier alpha value is -1.10. The van der Waals surface area contributed by atoms with E-state index in [4.69, 9.17) is 9.84 Å². The summed E-state index contributed by atoms with van der Waals surface area (Å²) in [6.45, 7) is 3.41. The second kappa shape index (κ2) is 7.07. The van der Waals surface area contributed by atoms with Crippen molar-refractivity contribution in [3.8, 4) is 0 Å². The number of amides is 1. The van der Waals surface area contributed by atoms with Gasteiger partial charge in [-0.05, 0) is 31.6 Å². The van der Waals surface area contributed by atoms with Gasteiger partial charge in [-0.25, -0.2) is 0 Å². The normalized spacial score (nSPS) is 28.4. The molecule has 0 aromatic rings. The lowest BCUT2D eigenvalue weighted by Crippen LogP contribution is -2.42. The van der Waals surface area contributed by atoms with Crippen LogP contribution >= 0.6 is 0 Å². The Morgan fingerprint density at radius 3 is 2.40 bits per heavy atom. The van der Waals surface area contributed by atoms with E-state index in [2.05, 4.69) is 6.92 Å². The van der Waals surface area contributed by atoms with Crippen LogP contribution in [-0.2, 0) is 14.3 Å². The summed E-state index contributed by atoms with van der Waals surface area (Å²) in [5.41, 5.74) is 0. The van der Waals surface area contributed by atoms with Crippen molar-refractivity contribution in [2.24, 2.45) is 11.8 Å². The first-order valence-corrected chi connectivity index (χ1v) is 7.70. The van der Waals surface area contributed by atoms with E-state index in [0.717, 1.165) is 6.42 Å². The minimum absolute atomic E-state index is 0.00612. The van der Waals surface area contributed by atoms with Crippen LogP contribution in [0.1, 0.15) is 45.4 Å². The van der Waals surface area contributed by atoms with Crippen LogP contribution in [0.4, 0.5) is 0 Å². The minimum atomic E-state index is -0.746. The third kappa shape index (κ3) is 3.95. The molecule has 5 nitrogen and oxygen atoms in total. The third-order valence-corrected chi connectivity index (χ3v) is 4.65. The lowest BCUT2D eigenvalue weighted by atomic mass is 9.88. The van der Waals surface area contributed by atoms with E-state index in [9.17, 15) is 9.59 Å². The number of nitrogens with zero attached hydrogens (tertiary/aromatic N) is 1. The summed E-state index contributed by atoms with van der Waals surface area (Å²) in [5, 5.41) is 8.94. The van der Waals surface area contributed by atoms with E-state index in [1.54, 1.807) is 4.90 Å². The minimum Gasteiger partial charge on any atom is -0.481 e. The van der Waals surface area contributed by atoms with Crippen LogP contribution in [0.5, 0.6) is 0 Å². The Morgan fingerprint density at radius 2 is 1.80 bits per heavy atom. The first kappa shape index (κ1) is 15.3. The van der Waals surface area contributed by atoms with Gasteiger partial charge in [0.05, 0.1) is 12.0 Å². The van der Waals surface area contributed by atoms with E-state index in [1.807, 2.05) is 0 Å². The summed E-state index contributed by atoms with van der Waals surface area (Å²) < 4.78 is 5.78. The SMILES string of the molecule is CC1CCCCC1OCC(=O)N1CCC(C(=O)O)CC1. The van der Waals surface area contributed by atoms with Crippen molar-refractivity contribution < 1.29 is 19.4 Å². The Kier molecular flexibility index (Phi) is 5.40. The molecule has 2 rings (SSSR count). The highest BCUT2D eigenvalue weighted by atomic mass is 16.5. The molecule has 0 radical (unpaired) electrons. The number of carboxylic acids is 1. The van der Waals surface area contributed by atoms with Crippen LogP contribution in [0.15, 0.2) is 0 Å². The molecule has 0 aromatic heterocycles. The molecule has 1 heterocycles. The lowest BCUT2D eigenvalue weighted by molar-refractivity contribution is -0.148. The number of aliphatic carboxylic acids is 1. The van der Waals surface area contributed by atoms with Crippen LogP contribution in [0.2, 0.25) is 0 Å². The van der Waals surface area contributed by atoms with Crippen molar-refractivity contribution in [1.29, 1.82) is 0 Å². The standard InChI is InChI=1S/C15H25NO4/c1-11-4-2-3-5-13(11)20-10-14(17)16-8-6-12(7-9-16)15(18)19/h11-13H,2-10H2,1H3,(H,18,19).